The molecule has 0 radical (unpaired) electrons. The molecule has 2 aliphatic heterocycles. The number of aliphatic hydroxyl groups excluding tert-OH is 1. The predicted molar refractivity (Wildman–Crippen MR) is 104 cm³/mol. The summed E-state index contributed by atoms with van der Waals surface area (Å²) in [5.74, 6) is 1.77. The van der Waals surface area contributed by atoms with Crippen molar-refractivity contribution >= 4 is 10.9 Å². The van der Waals surface area contributed by atoms with Crippen LogP contribution in [0.25, 0.3) is 10.9 Å². The topological polar surface area (TPSA) is 46.9 Å². The largest absolute Gasteiger partial charge is 0.497 e. The molecule has 3 heterocycles. The number of rotatable bonds is 3. The van der Waals surface area contributed by atoms with Gasteiger partial charge in [0.1, 0.15) is 18.2 Å². The Bertz CT molecular complexity index is 1020. The highest BCUT2D eigenvalue weighted by molar-refractivity contribution is 5.87. The maximum Gasteiger partial charge on any atom is 0.120 e. The summed E-state index contributed by atoms with van der Waals surface area (Å²) in [6.45, 7) is 1.90. The Kier molecular flexibility index (Phi) is 3.88. The van der Waals surface area contributed by atoms with Gasteiger partial charge in [-0.2, -0.15) is 0 Å². The van der Waals surface area contributed by atoms with Gasteiger partial charge in [-0.05, 0) is 59.9 Å². The first-order chi connectivity index (χ1) is 13.2. The van der Waals surface area contributed by atoms with Gasteiger partial charge in [0, 0.05) is 30.2 Å². The van der Waals surface area contributed by atoms with Gasteiger partial charge in [-0.1, -0.05) is 6.07 Å². The van der Waals surface area contributed by atoms with Crippen LogP contribution in [-0.4, -0.2) is 35.3 Å². The summed E-state index contributed by atoms with van der Waals surface area (Å²) in [5, 5.41) is 11.2. The molecule has 0 saturated heterocycles. The molecule has 140 valence electrons. The summed E-state index contributed by atoms with van der Waals surface area (Å²) in [6.07, 6.45) is 1.99. The van der Waals surface area contributed by atoms with E-state index in [-0.39, 0.29) is 6.73 Å². The van der Waals surface area contributed by atoms with E-state index in [1.807, 2.05) is 10.6 Å². The summed E-state index contributed by atoms with van der Waals surface area (Å²) in [7, 11) is 3.42. The summed E-state index contributed by atoms with van der Waals surface area (Å²) in [6, 6.07) is 12.9. The van der Waals surface area contributed by atoms with E-state index in [2.05, 4.69) is 35.2 Å². The second kappa shape index (κ2) is 6.29. The first-order valence-corrected chi connectivity index (χ1v) is 9.43. The quantitative estimate of drug-likeness (QED) is 0.775. The Hall–Kier alpha value is -2.50. The van der Waals surface area contributed by atoms with Gasteiger partial charge in [-0.3, -0.25) is 4.90 Å². The monoisotopic (exact) mass is 364 g/mol. The van der Waals surface area contributed by atoms with E-state index in [4.69, 9.17) is 9.47 Å². The van der Waals surface area contributed by atoms with Crippen LogP contribution < -0.4 is 9.47 Å². The average Bonchev–Trinajstić information content (AvgIpc) is 3.03. The zero-order chi connectivity index (χ0) is 18.5. The van der Waals surface area contributed by atoms with Crippen LogP contribution in [0.15, 0.2) is 36.4 Å². The molecular formula is C22H24N2O3. The Morgan fingerprint density at radius 2 is 1.85 bits per heavy atom. The van der Waals surface area contributed by atoms with Crippen molar-refractivity contribution in [2.24, 2.45) is 0 Å². The molecule has 0 spiro atoms. The molecule has 0 bridgehead atoms. The van der Waals surface area contributed by atoms with E-state index in [1.54, 1.807) is 14.2 Å². The van der Waals surface area contributed by atoms with Crippen LogP contribution in [-0.2, 0) is 26.1 Å². The van der Waals surface area contributed by atoms with Gasteiger partial charge < -0.3 is 19.1 Å². The van der Waals surface area contributed by atoms with Crippen LogP contribution >= 0.6 is 0 Å². The Labute approximate surface area is 158 Å². The van der Waals surface area contributed by atoms with Crippen LogP contribution in [0, 0.1) is 0 Å². The van der Waals surface area contributed by atoms with Crippen molar-refractivity contribution in [3.05, 3.63) is 58.8 Å². The summed E-state index contributed by atoms with van der Waals surface area (Å²) in [5.41, 5.74) is 6.43. The number of nitrogens with zero attached hydrogens (tertiary/aromatic N) is 2. The standard InChI is InChI=1S/C22H24N2O3/c1-26-15-4-3-14-7-8-23-12-22-19(11-21(23)17(14)9-15)18-10-16(27-2)5-6-20(18)24(22)13-25/h3-6,9-10,21,25H,7-8,11-13H2,1-2H3. The number of benzene rings is 2. The molecule has 3 aromatic rings. The Morgan fingerprint density at radius 1 is 1.07 bits per heavy atom. The van der Waals surface area contributed by atoms with Gasteiger partial charge in [-0.25, -0.2) is 0 Å². The fourth-order valence-electron chi connectivity index (χ4n) is 4.82. The third-order valence-electron chi connectivity index (χ3n) is 6.21. The van der Waals surface area contributed by atoms with Crippen LogP contribution in [0.1, 0.15) is 28.4 Å². The van der Waals surface area contributed by atoms with E-state index in [0.29, 0.717) is 6.04 Å². The summed E-state index contributed by atoms with van der Waals surface area (Å²) in [4.78, 5) is 2.53. The van der Waals surface area contributed by atoms with E-state index < -0.39 is 0 Å². The molecule has 0 amide bonds. The van der Waals surface area contributed by atoms with Crippen LogP contribution in [0.4, 0.5) is 0 Å². The molecule has 0 aliphatic carbocycles. The molecule has 1 unspecified atom stereocenters. The molecule has 1 atom stereocenters. The van der Waals surface area contributed by atoms with Crippen LogP contribution in [0.5, 0.6) is 11.5 Å². The minimum atomic E-state index is 0.00107. The molecular weight excluding hydrogens is 340 g/mol. The van der Waals surface area contributed by atoms with Crippen molar-refractivity contribution in [3.63, 3.8) is 0 Å². The maximum atomic E-state index is 10.0. The normalized spacial score (nSPS) is 18.7. The zero-order valence-electron chi connectivity index (χ0n) is 15.7. The number of hydrogen-bond acceptors (Lipinski definition) is 4. The van der Waals surface area contributed by atoms with Crippen molar-refractivity contribution in [3.8, 4) is 11.5 Å². The van der Waals surface area contributed by atoms with Crippen LogP contribution in [0.2, 0.25) is 0 Å². The maximum absolute atomic E-state index is 10.0. The minimum Gasteiger partial charge on any atom is -0.497 e. The lowest BCUT2D eigenvalue weighted by molar-refractivity contribution is 0.146. The number of fused-ring (bicyclic) bond motifs is 6. The zero-order valence-corrected chi connectivity index (χ0v) is 15.7. The van der Waals surface area contributed by atoms with Crippen molar-refractivity contribution in [2.75, 3.05) is 20.8 Å². The first kappa shape index (κ1) is 16.7. The highest BCUT2D eigenvalue weighted by atomic mass is 16.5. The summed E-state index contributed by atoms with van der Waals surface area (Å²) >= 11 is 0. The van der Waals surface area contributed by atoms with Crippen molar-refractivity contribution in [2.45, 2.75) is 32.2 Å². The van der Waals surface area contributed by atoms with Crippen molar-refractivity contribution in [1.29, 1.82) is 0 Å². The Balaban J connectivity index is 1.66. The lowest BCUT2D eigenvalue weighted by Crippen LogP contribution is -2.39. The van der Waals surface area contributed by atoms with Gasteiger partial charge in [0.25, 0.3) is 0 Å². The number of aliphatic hydroxyl groups is 1. The molecule has 5 nitrogen and oxygen atoms in total. The predicted octanol–water partition coefficient (Wildman–Crippen LogP) is 3.26. The lowest BCUT2D eigenvalue weighted by atomic mass is 9.85. The fourth-order valence-corrected chi connectivity index (χ4v) is 4.82. The van der Waals surface area contributed by atoms with E-state index in [9.17, 15) is 5.11 Å². The molecule has 5 rings (SSSR count). The summed E-state index contributed by atoms with van der Waals surface area (Å²) < 4.78 is 13.0. The number of methoxy groups -OCH3 is 2. The van der Waals surface area contributed by atoms with E-state index >= 15 is 0 Å². The van der Waals surface area contributed by atoms with Crippen molar-refractivity contribution < 1.29 is 14.6 Å². The molecule has 27 heavy (non-hydrogen) atoms. The molecule has 1 N–H and O–H groups in total. The molecule has 2 aromatic carbocycles. The first-order valence-electron chi connectivity index (χ1n) is 9.43. The van der Waals surface area contributed by atoms with Crippen LogP contribution in [0.3, 0.4) is 0 Å². The number of ether oxygens (including phenoxy) is 2. The molecule has 0 fully saturated rings. The molecule has 1 aromatic heterocycles. The van der Waals surface area contributed by atoms with Crippen molar-refractivity contribution in [1.82, 2.24) is 9.47 Å². The Morgan fingerprint density at radius 3 is 2.63 bits per heavy atom. The van der Waals surface area contributed by atoms with Gasteiger partial charge in [0.05, 0.1) is 19.7 Å². The highest BCUT2D eigenvalue weighted by Gasteiger charge is 2.35. The van der Waals surface area contributed by atoms with Gasteiger partial charge >= 0.3 is 0 Å². The second-order valence-corrected chi connectivity index (χ2v) is 7.38. The minimum absolute atomic E-state index is 0.00107. The smallest absolute Gasteiger partial charge is 0.120 e. The molecule has 5 heteroatoms. The second-order valence-electron chi connectivity index (χ2n) is 7.38. The van der Waals surface area contributed by atoms with E-state index in [1.165, 1.54) is 27.8 Å². The third kappa shape index (κ3) is 2.46. The third-order valence-corrected chi connectivity index (χ3v) is 6.21. The highest BCUT2D eigenvalue weighted by Crippen LogP contribution is 2.43. The average molecular weight is 364 g/mol. The lowest BCUT2D eigenvalue weighted by Gasteiger charge is -2.41. The molecule has 2 aliphatic rings. The SMILES string of the molecule is COc1ccc2c(c1)C1Cc3c(n(CO)c4ccc(OC)cc34)CN1CC2. The fraction of sp³-hybridized carbons (Fsp3) is 0.364. The van der Waals surface area contributed by atoms with E-state index in [0.717, 1.165) is 42.9 Å². The van der Waals surface area contributed by atoms with Gasteiger partial charge in [-0.15, -0.1) is 0 Å². The number of aromatic nitrogens is 1. The van der Waals surface area contributed by atoms with Gasteiger partial charge in [0.2, 0.25) is 0 Å². The van der Waals surface area contributed by atoms with Gasteiger partial charge in [0.15, 0.2) is 0 Å². The number of hydrogen-bond donors (Lipinski definition) is 1. The molecule has 0 saturated carbocycles.